The number of ether oxygens (including phenoxy) is 1. The van der Waals surface area contributed by atoms with Crippen molar-refractivity contribution in [3.63, 3.8) is 0 Å². The van der Waals surface area contributed by atoms with E-state index >= 15 is 0 Å². The number of nitrogens with one attached hydrogen (secondary N) is 1. The highest BCUT2D eigenvalue weighted by atomic mass is 16.5. The number of nitrogens with zero attached hydrogens (tertiary/aromatic N) is 1. The number of carbonyl (C=O) groups excluding carboxylic acids is 2. The van der Waals surface area contributed by atoms with Gasteiger partial charge in [0, 0.05) is 7.05 Å². The normalized spacial score (nSPS) is 20.8. The first kappa shape index (κ1) is 12.0. The van der Waals surface area contributed by atoms with Gasteiger partial charge >= 0.3 is 5.97 Å². The van der Waals surface area contributed by atoms with Gasteiger partial charge in [-0.1, -0.05) is 6.42 Å². The van der Waals surface area contributed by atoms with Crippen LogP contribution >= 0.6 is 0 Å². The average molecular weight is 214 g/mol. The molecule has 1 N–H and O–H groups in total. The van der Waals surface area contributed by atoms with E-state index in [-0.39, 0.29) is 24.5 Å². The number of amides is 1. The predicted molar refractivity (Wildman–Crippen MR) is 55.3 cm³/mol. The molecule has 0 bridgehead atoms. The van der Waals surface area contributed by atoms with E-state index < -0.39 is 0 Å². The molecule has 0 aromatic rings. The fraction of sp³-hybridized carbons (Fsp3) is 0.800. The zero-order valence-corrected chi connectivity index (χ0v) is 9.28. The van der Waals surface area contributed by atoms with Gasteiger partial charge in [-0.25, -0.2) is 0 Å². The minimum Gasteiger partial charge on any atom is -0.468 e. The average Bonchev–Trinajstić information content (AvgIpc) is 2.29. The van der Waals surface area contributed by atoms with Crippen LogP contribution in [0.1, 0.15) is 19.3 Å². The first-order valence-electron chi connectivity index (χ1n) is 5.20. The molecule has 0 aromatic heterocycles. The molecule has 0 saturated carbocycles. The van der Waals surface area contributed by atoms with Crippen LogP contribution in [0.2, 0.25) is 0 Å². The third-order valence-electron chi connectivity index (χ3n) is 2.58. The van der Waals surface area contributed by atoms with Crippen LogP contribution in [0.25, 0.3) is 0 Å². The number of hydrogen-bond donors (Lipinski definition) is 1. The van der Waals surface area contributed by atoms with Crippen LogP contribution in [0.5, 0.6) is 0 Å². The van der Waals surface area contributed by atoms with Crippen molar-refractivity contribution < 1.29 is 14.3 Å². The summed E-state index contributed by atoms with van der Waals surface area (Å²) in [6.45, 7) is 0.899. The highest BCUT2D eigenvalue weighted by molar-refractivity contribution is 5.85. The standard InChI is InChI=1S/C10H18N2O3/c1-12(7-9(13)15-2)10(14)8-5-3-4-6-11-8/h8,11H,3-7H2,1-2H3/t8-/m0/s1. The number of hydrogen-bond acceptors (Lipinski definition) is 4. The molecule has 1 atom stereocenters. The highest BCUT2D eigenvalue weighted by Crippen LogP contribution is 2.08. The maximum atomic E-state index is 11.8. The van der Waals surface area contributed by atoms with Crippen molar-refractivity contribution in [1.29, 1.82) is 0 Å². The smallest absolute Gasteiger partial charge is 0.325 e. The van der Waals surface area contributed by atoms with Gasteiger partial charge in [-0.3, -0.25) is 9.59 Å². The molecule has 15 heavy (non-hydrogen) atoms. The van der Waals surface area contributed by atoms with Gasteiger partial charge in [-0.2, -0.15) is 0 Å². The Bertz CT molecular complexity index is 237. The number of methoxy groups -OCH3 is 1. The van der Waals surface area contributed by atoms with Crippen molar-refractivity contribution >= 4 is 11.9 Å². The Balaban J connectivity index is 2.40. The van der Waals surface area contributed by atoms with Crippen molar-refractivity contribution in [2.24, 2.45) is 0 Å². The molecule has 1 amide bonds. The summed E-state index contributed by atoms with van der Waals surface area (Å²) >= 11 is 0. The van der Waals surface area contributed by atoms with Crippen LogP contribution in [0.3, 0.4) is 0 Å². The topological polar surface area (TPSA) is 58.6 Å². The maximum Gasteiger partial charge on any atom is 0.325 e. The van der Waals surface area contributed by atoms with Crippen molar-refractivity contribution in [3.05, 3.63) is 0 Å². The van der Waals surface area contributed by atoms with E-state index in [0.29, 0.717) is 0 Å². The Morgan fingerprint density at radius 2 is 2.20 bits per heavy atom. The largest absolute Gasteiger partial charge is 0.468 e. The summed E-state index contributed by atoms with van der Waals surface area (Å²) in [5.74, 6) is -0.415. The van der Waals surface area contributed by atoms with Crippen LogP contribution < -0.4 is 5.32 Å². The monoisotopic (exact) mass is 214 g/mol. The van der Waals surface area contributed by atoms with Crippen LogP contribution in [-0.4, -0.2) is 50.1 Å². The van der Waals surface area contributed by atoms with E-state index in [4.69, 9.17) is 0 Å². The van der Waals surface area contributed by atoms with Crippen molar-refractivity contribution in [2.75, 3.05) is 27.2 Å². The molecule has 5 nitrogen and oxygen atoms in total. The Labute approximate surface area is 89.8 Å². The summed E-state index contributed by atoms with van der Waals surface area (Å²) in [6.07, 6.45) is 3.03. The molecule has 0 radical (unpaired) electrons. The fourth-order valence-corrected chi connectivity index (χ4v) is 1.66. The van der Waals surface area contributed by atoms with E-state index in [1.165, 1.54) is 12.0 Å². The third-order valence-corrected chi connectivity index (χ3v) is 2.58. The molecule has 0 spiro atoms. The summed E-state index contributed by atoms with van der Waals surface area (Å²) < 4.78 is 4.51. The molecule has 1 heterocycles. The van der Waals surface area contributed by atoms with Crippen LogP contribution in [0, 0.1) is 0 Å². The zero-order chi connectivity index (χ0) is 11.3. The molecule has 1 rings (SSSR count). The predicted octanol–water partition coefficient (Wildman–Crippen LogP) is -0.240. The number of esters is 1. The zero-order valence-electron chi connectivity index (χ0n) is 9.28. The molecular weight excluding hydrogens is 196 g/mol. The van der Waals surface area contributed by atoms with Crippen LogP contribution in [0.15, 0.2) is 0 Å². The number of carbonyl (C=O) groups is 2. The van der Waals surface area contributed by atoms with Gasteiger partial charge in [0.1, 0.15) is 6.54 Å². The van der Waals surface area contributed by atoms with Gasteiger partial charge in [-0.15, -0.1) is 0 Å². The number of likely N-dealkylation sites (N-methyl/N-ethyl adjacent to an activating group) is 1. The van der Waals surface area contributed by atoms with Crippen LogP contribution in [0.4, 0.5) is 0 Å². The maximum absolute atomic E-state index is 11.8. The Morgan fingerprint density at radius 1 is 1.47 bits per heavy atom. The molecule has 1 fully saturated rings. The molecule has 0 aliphatic carbocycles. The summed E-state index contributed by atoms with van der Waals surface area (Å²) in [5, 5.41) is 3.15. The lowest BCUT2D eigenvalue weighted by molar-refractivity contribution is -0.146. The second-order valence-electron chi connectivity index (χ2n) is 3.77. The molecular formula is C10H18N2O3. The molecule has 1 aliphatic rings. The molecule has 0 unspecified atom stereocenters. The first-order chi connectivity index (χ1) is 7.15. The third kappa shape index (κ3) is 3.51. The quantitative estimate of drug-likeness (QED) is 0.659. The number of piperidine rings is 1. The molecule has 86 valence electrons. The minimum atomic E-state index is -0.387. The van der Waals surface area contributed by atoms with E-state index in [2.05, 4.69) is 10.1 Å². The molecule has 1 saturated heterocycles. The SMILES string of the molecule is COC(=O)CN(C)C(=O)[C@@H]1CCCCN1. The fourth-order valence-electron chi connectivity index (χ4n) is 1.66. The van der Waals surface area contributed by atoms with E-state index in [0.717, 1.165) is 25.8 Å². The highest BCUT2D eigenvalue weighted by Gasteiger charge is 2.24. The minimum absolute atomic E-state index is 0.0213. The summed E-state index contributed by atoms with van der Waals surface area (Å²) in [6, 6.07) is -0.131. The van der Waals surface area contributed by atoms with Crippen LogP contribution in [-0.2, 0) is 14.3 Å². The van der Waals surface area contributed by atoms with Gasteiger partial charge < -0.3 is 15.0 Å². The lowest BCUT2D eigenvalue weighted by Crippen LogP contribution is -2.48. The summed E-state index contributed by atoms with van der Waals surface area (Å²) in [7, 11) is 2.94. The Kier molecular flexibility index (Phi) is 4.55. The van der Waals surface area contributed by atoms with Gasteiger partial charge in [-0.05, 0) is 19.4 Å². The summed E-state index contributed by atoms with van der Waals surface area (Å²) in [4.78, 5) is 24.2. The molecule has 1 aliphatic heterocycles. The lowest BCUT2D eigenvalue weighted by atomic mass is 10.0. The van der Waals surface area contributed by atoms with Crippen molar-refractivity contribution in [3.8, 4) is 0 Å². The summed E-state index contributed by atoms with van der Waals surface area (Å²) in [5.41, 5.74) is 0. The Morgan fingerprint density at radius 3 is 2.73 bits per heavy atom. The first-order valence-corrected chi connectivity index (χ1v) is 5.20. The second-order valence-corrected chi connectivity index (χ2v) is 3.77. The van der Waals surface area contributed by atoms with Gasteiger partial charge in [0.05, 0.1) is 13.2 Å². The van der Waals surface area contributed by atoms with Gasteiger partial charge in [0.2, 0.25) is 5.91 Å². The number of rotatable bonds is 3. The van der Waals surface area contributed by atoms with E-state index in [1.54, 1.807) is 7.05 Å². The second kappa shape index (κ2) is 5.70. The lowest BCUT2D eigenvalue weighted by Gasteiger charge is -2.26. The van der Waals surface area contributed by atoms with Crippen molar-refractivity contribution in [2.45, 2.75) is 25.3 Å². The molecule has 0 aromatic carbocycles. The van der Waals surface area contributed by atoms with Gasteiger partial charge in [0.15, 0.2) is 0 Å². The van der Waals surface area contributed by atoms with E-state index in [9.17, 15) is 9.59 Å². The van der Waals surface area contributed by atoms with Gasteiger partial charge in [0.25, 0.3) is 0 Å². The Hall–Kier alpha value is -1.10. The van der Waals surface area contributed by atoms with E-state index in [1.807, 2.05) is 0 Å². The van der Waals surface area contributed by atoms with Crippen molar-refractivity contribution in [1.82, 2.24) is 10.2 Å². The molecule has 5 heteroatoms.